The van der Waals surface area contributed by atoms with Gasteiger partial charge in [-0.05, 0) is 12.0 Å². The molecule has 0 saturated carbocycles. The van der Waals surface area contributed by atoms with Crippen LogP contribution in [0.2, 0.25) is 0 Å². The molecule has 1 unspecified atom stereocenters. The molecule has 0 N–H and O–H groups in total. The highest BCUT2D eigenvalue weighted by molar-refractivity contribution is 5.77. The highest BCUT2D eigenvalue weighted by atomic mass is 16.2. The second-order valence-corrected chi connectivity index (χ2v) is 5.25. The molecule has 1 heterocycles. The Labute approximate surface area is 120 Å². The monoisotopic (exact) mass is 274 g/mol. The van der Waals surface area contributed by atoms with Crippen LogP contribution in [0, 0.1) is 0 Å². The lowest BCUT2D eigenvalue weighted by Crippen LogP contribution is -2.56. The summed E-state index contributed by atoms with van der Waals surface area (Å²) < 4.78 is 0. The van der Waals surface area contributed by atoms with Gasteiger partial charge in [0, 0.05) is 33.0 Å². The highest BCUT2D eigenvalue weighted by Gasteiger charge is 2.30. The van der Waals surface area contributed by atoms with E-state index in [1.165, 1.54) is 5.56 Å². The fourth-order valence-electron chi connectivity index (χ4n) is 2.78. The van der Waals surface area contributed by atoms with Crippen molar-refractivity contribution in [3.8, 4) is 0 Å². The summed E-state index contributed by atoms with van der Waals surface area (Å²) in [4.78, 5) is 27.4. The van der Waals surface area contributed by atoms with Crippen molar-refractivity contribution < 1.29 is 9.59 Å². The topological polar surface area (TPSA) is 40.6 Å². The Bertz CT molecular complexity index is 473. The van der Waals surface area contributed by atoms with Crippen molar-refractivity contribution in [2.45, 2.75) is 32.7 Å². The zero-order valence-electron chi connectivity index (χ0n) is 12.2. The molecule has 1 aliphatic rings. The first-order valence-corrected chi connectivity index (χ1v) is 7.20. The summed E-state index contributed by atoms with van der Waals surface area (Å²) in [6.07, 6.45) is 1.33. The molecule has 2 rings (SSSR count). The minimum Gasteiger partial charge on any atom is -0.339 e. The number of hydrogen-bond acceptors (Lipinski definition) is 2. The third-order valence-electron chi connectivity index (χ3n) is 3.86. The molecular weight excluding hydrogens is 252 g/mol. The van der Waals surface area contributed by atoms with Crippen molar-refractivity contribution in [3.05, 3.63) is 35.9 Å². The zero-order chi connectivity index (χ0) is 14.5. The fourth-order valence-corrected chi connectivity index (χ4v) is 2.78. The SMILES string of the molecule is CCC(=O)N1CCN(C(C)=O)C(Cc2ccccc2)C1. The van der Waals surface area contributed by atoms with Crippen LogP contribution in [0.4, 0.5) is 0 Å². The van der Waals surface area contributed by atoms with E-state index in [4.69, 9.17) is 0 Å². The van der Waals surface area contributed by atoms with Crippen LogP contribution in [0.15, 0.2) is 30.3 Å². The van der Waals surface area contributed by atoms with Crippen LogP contribution in [0.3, 0.4) is 0 Å². The Morgan fingerprint density at radius 2 is 1.90 bits per heavy atom. The number of carbonyl (C=O) groups excluding carboxylic acids is 2. The molecule has 108 valence electrons. The van der Waals surface area contributed by atoms with E-state index >= 15 is 0 Å². The second kappa shape index (κ2) is 6.55. The molecule has 0 aromatic heterocycles. The number of benzene rings is 1. The van der Waals surface area contributed by atoms with E-state index in [-0.39, 0.29) is 17.9 Å². The summed E-state index contributed by atoms with van der Waals surface area (Å²) in [6.45, 7) is 5.42. The van der Waals surface area contributed by atoms with Gasteiger partial charge in [-0.2, -0.15) is 0 Å². The first-order valence-electron chi connectivity index (χ1n) is 7.20. The maximum Gasteiger partial charge on any atom is 0.222 e. The average Bonchev–Trinajstić information content (AvgIpc) is 2.47. The minimum absolute atomic E-state index is 0.0825. The molecule has 1 fully saturated rings. The van der Waals surface area contributed by atoms with E-state index in [9.17, 15) is 9.59 Å². The van der Waals surface area contributed by atoms with Gasteiger partial charge in [0.05, 0.1) is 6.04 Å². The molecule has 4 heteroatoms. The Morgan fingerprint density at radius 1 is 1.20 bits per heavy atom. The van der Waals surface area contributed by atoms with E-state index in [1.807, 2.05) is 34.9 Å². The standard InChI is InChI=1S/C16H22N2O2/c1-3-16(20)17-9-10-18(13(2)19)15(12-17)11-14-7-5-4-6-8-14/h4-8,15H,3,9-12H2,1-2H3. The third kappa shape index (κ3) is 3.38. The molecule has 20 heavy (non-hydrogen) atoms. The average molecular weight is 274 g/mol. The molecule has 1 aromatic carbocycles. The van der Waals surface area contributed by atoms with Crippen molar-refractivity contribution in [2.24, 2.45) is 0 Å². The molecular formula is C16H22N2O2. The van der Waals surface area contributed by atoms with E-state index in [1.54, 1.807) is 6.92 Å². The molecule has 1 aromatic rings. The lowest BCUT2D eigenvalue weighted by molar-refractivity contribution is -0.141. The van der Waals surface area contributed by atoms with Gasteiger partial charge in [0.2, 0.25) is 11.8 Å². The number of hydrogen-bond donors (Lipinski definition) is 0. The summed E-state index contributed by atoms with van der Waals surface area (Å²) >= 11 is 0. The molecule has 2 amide bonds. The number of nitrogens with zero attached hydrogens (tertiary/aromatic N) is 2. The highest BCUT2D eigenvalue weighted by Crippen LogP contribution is 2.16. The first kappa shape index (κ1) is 14.6. The van der Waals surface area contributed by atoms with E-state index in [0.29, 0.717) is 26.1 Å². The minimum atomic E-state index is 0.0825. The summed E-state index contributed by atoms with van der Waals surface area (Å²) in [7, 11) is 0. The molecule has 1 aliphatic heterocycles. The Balaban J connectivity index is 2.11. The molecule has 0 radical (unpaired) electrons. The molecule has 1 atom stereocenters. The molecule has 0 bridgehead atoms. The summed E-state index contributed by atoms with van der Waals surface area (Å²) in [5, 5.41) is 0. The summed E-state index contributed by atoms with van der Waals surface area (Å²) in [6, 6.07) is 10.2. The van der Waals surface area contributed by atoms with Gasteiger partial charge < -0.3 is 9.80 Å². The number of piperazine rings is 1. The van der Waals surface area contributed by atoms with Gasteiger partial charge in [-0.15, -0.1) is 0 Å². The van der Waals surface area contributed by atoms with Crippen LogP contribution in [0.1, 0.15) is 25.8 Å². The first-order chi connectivity index (χ1) is 9.61. The van der Waals surface area contributed by atoms with Gasteiger partial charge >= 0.3 is 0 Å². The lowest BCUT2D eigenvalue weighted by Gasteiger charge is -2.41. The van der Waals surface area contributed by atoms with Crippen molar-refractivity contribution in [1.82, 2.24) is 9.80 Å². The van der Waals surface area contributed by atoms with Crippen molar-refractivity contribution >= 4 is 11.8 Å². The Kier molecular flexibility index (Phi) is 4.77. The van der Waals surface area contributed by atoms with Gasteiger partial charge in [-0.25, -0.2) is 0 Å². The van der Waals surface area contributed by atoms with Crippen LogP contribution in [0.25, 0.3) is 0 Å². The van der Waals surface area contributed by atoms with Crippen molar-refractivity contribution in [2.75, 3.05) is 19.6 Å². The van der Waals surface area contributed by atoms with E-state index in [2.05, 4.69) is 12.1 Å². The van der Waals surface area contributed by atoms with Crippen molar-refractivity contribution in [3.63, 3.8) is 0 Å². The Morgan fingerprint density at radius 3 is 2.50 bits per heavy atom. The second-order valence-electron chi connectivity index (χ2n) is 5.25. The van der Waals surface area contributed by atoms with E-state index in [0.717, 1.165) is 6.42 Å². The maximum atomic E-state index is 11.9. The number of carbonyl (C=O) groups is 2. The zero-order valence-corrected chi connectivity index (χ0v) is 12.2. The van der Waals surface area contributed by atoms with Crippen molar-refractivity contribution in [1.29, 1.82) is 0 Å². The third-order valence-corrected chi connectivity index (χ3v) is 3.86. The van der Waals surface area contributed by atoms with Crippen LogP contribution in [-0.2, 0) is 16.0 Å². The van der Waals surface area contributed by atoms with Gasteiger partial charge in [0.25, 0.3) is 0 Å². The smallest absolute Gasteiger partial charge is 0.222 e. The largest absolute Gasteiger partial charge is 0.339 e. The number of amides is 2. The maximum absolute atomic E-state index is 11.9. The van der Waals surface area contributed by atoms with Crippen LogP contribution >= 0.6 is 0 Å². The Hall–Kier alpha value is -1.84. The lowest BCUT2D eigenvalue weighted by atomic mass is 10.0. The van der Waals surface area contributed by atoms with E-state index < -0.39 is 0 Å². The molecule has 4 nitrogen and oxygen atoms in total. The predicted molar refractivity (Wildman–Crippen MR) is 78.2 cm³/mol. The van der Waals surface area contributed by atoms with Crippen LogP contribution in [-0.4, -0.2) is 47.3 Å². The molecule has 0 aliphatic carbocycles. The molecule has 1 saturated heterocycles. The van der Waals surface area contributed by atoms with Gasteiger partial charge in [-0.3, -0.25) is 9.59 Å². The fraction of sp³-hybridized carbons (Fsp3) is 0.500. The predicted octanol–water partition coefficient (Wildman–Crippen LogP) is 1.70. The van der Waals surface area contributed by atoms with Gasteiger partial charge in [0.15, 0.2) is 0 Å². The van der Waals surface area contributed by atoms with Crippen LogP contribution < -0.4 is 0 Å². The quantitative estimate of drug-likeness (QED) is 0.841. The summed E-state index contributed by atoms with van der Waals surface area (Å²) in [5.74, 6) is 0.265. The van der Waals surface area contributed by atoms with Crippen LogP contribution in [0.5, 0.6) is 0 Å². The number of rotatable bonds is 3. The van der Waals surface area contributed by atoms with Gasteiger partial charge in [0.1, 0.15) is 0 Å². The molecule has 0 spiro atoms. The summed E-state index contributed by atoms with van der Waals surface area (Å²) in [5.41, 5.74) is 1.20. The van der Waals surface area contributed by atoms with Gasteiger partial charge in [-0.1, -0.05) is 37.3 Å². The normalized spacial score (nSPS) is 19.0.